The molecule has 0 amide bonds. The van der Waals surface area contributed by atoms with E-state index in [-0.39, 0.29) is 0 Å². The van der Waals surface area contributed by atoms with Crippen molar-refractivity contribution in [2.45, 2.75) is 17.7 Å². The van der Waals surface area contributed by atoms with Crippen LogP contribution in [0.5, 0.6) is 0 Å². The summed E-state index contributed by atoms with van der Waals surface area (Å²) >= 11 is 7.81. The Kier molecular flexibility index (Phi) is 3.21. The lowest BCUT2D eigenvalue weighted by atomic mass is 10.3. The lowest BCUT2D eigenvalue weighted by Gasteiger charge is -2.14. The van der Waals surface area contributed by atoms with E-state index in [4.69, 9.17) is 17.3 Å². The van der Waals surface area contributed by atoms with E-state index in [2.05, 4.69) is 4.31 Å². The molecule has 2 nitrogen and oxygen atoms in total. The minimum atomic E-state index is 0.723. The van der Waals surface area contributed by atoms with Crippen molar-refractivity contribution in [3.05, 3.63) is 23.2 Å². The number of nitrogens with zero attached hydrogens (tertiary/aromatic N) is 1. The quantitative estimate of drug-likeness (QED) is 0.623. The monoisotopic (exact) mass is 228 g/mol. The molecule has 0 atom stereocenters. The standard InChI is InChI=1S/C10H13ClN2S/c11-9-7-8(12)3-4-10(9)14-13-5-1-2-6-13/h3-4,7H,1-2,5-6,12H2. The van der Waals surface area contributed by atoms with Crippen LogP contribution in [-0.4, -0.2) is 17.4 Å². The zero-order chi connectivity index (χ0) is 9.97. The fourth-order valence-corrected chi connectivity index (χ4v) is 2.80. The van der Waals surface area contributed by atoms with Gasteiger partial charge in [0.1, 0.15) is 0 Å². The van der Waals surface area contributed by atoms with E-state index in [1.165, 1.54) is 12.8 Å². The molecule has 0 aliphatic carbocycles. The predicted molar refractivity (Wildman–Crippen MR) is 62.5 cm³/mol. The summed E-state index contributed by atoms with van der Waals surface area (Å²) in [5.74, 6) is 0. The maximum Gasteiger partial charge on any atom is 0.0575 e. The maximum absolute atomic E-state index is 6.08. The van der Waals surface area contributed by atoms with Crippen LogP contribution in [0.15, 0.2) is 23.1 Å². The lowest BCUT2D eigenvalue weighted by Crippen LogP contribution is -2.08. The fourth-order valence-electron chi connectivity index (χ4n) is 1.51. The first-order valence-corrected chi connectivity index (χ1v) is 5.89. The summed E-state index contributed by atoms with van der Waals surface area (Å²) in [6, 6.07) is 5.69. The van der Waals surface area contributed by atoms with Gasteiger partial charge in [0.15, 0.2) is 0 Å². The van der Waals surface area contributed by atoms with E-state index in [1.807, 2.05) is 12.1 Å². The SMILES string of the molecule is Nc1ccc(SN2CCCC2)c(Cl)c1. The first-order chi connectivity index (χ1) is 6.75. The van der Waals surface area contributed by atoms with Crippen LogP contribution in [0.3, 0.4) is 0 Å². The molecule has 0 bridgehead atoms. The minimum Gasteiger partial charge on any atom is -0.399 e. The molecule has 76 valence electrons. The van der Waals surface area contributed by atoms with Gasteiger partial charge < -0.3 is 5.73 Å². The Morgan fingerprint density at radius 3 is 2.64 bits per heavy atom. The Balaban J connectivity index is 2.08. The van der Waals surface area contributed by atoms with Crippen LogP contribution in [0, 0.1) is 0 Å². The molecule has 1 saturated heterocycles. The molecule has 2 N–H and O–H groups in total. The van der Waals surface area contributed by atoms with Crippen molar-refractivity contribution in [1.82, 2.24) is 4.31 Å². The van der Waals surface area contributed by atoms with Gasteiger partial charge in [0.05, 0.1) is 5.02 Å². The summed E-state index contributed by atoms with van der Waals surface area (Å²) in [4.78, 5) is 1.10. The first kappa shape index (κ1) is 10.1. The number of anilines is 1. The molecule has 1 aliphatic rings. The summed E-state index contributed by atoms with van der Waals surface area (Å²) in [5.41, 5.74) is 6.35. The largest absolute Gasteiger partial charge is 0.399 e. The van der Waals surface area contributed by atoms with Gasteiger partial charge in [0.2, 0.25) is 0 Å². The smallest absolute Gasteiger partial charge is 0.0575 e. The zero-order valence-electron chi connectivity index (χ0n) is 7.87. The molecule has 0 spiro atoms. The van der Waals surface area contributed by atoms with Gasteiger partial charge >= 0.3 is 0 Å². The molecule has 1 aromatic carbocycles. The molecule has 0 saturated carbocycles. The van der Waals surface area contributed by atoms with Crippen LogP contribution in [0.1, 0.15) is 12.8 Å². The third kappa shape index (κ3) is 2.35. The summed E-state index contributed by atoms with van der Waals surface area (Å²) in [7, 11) is 0. The Bertz CT molecular complexity index is 324. The Morgan fingerprint density at radius 2 is 2.00 bits per heavy atom. The number of rotatable bonds is 2. The molecule has 0 aromatic heterocycles. The average Bonchev–Trinajstić information content (AvgIpc) is 2.62. The van der Waals surface area contributed by atoms with Gasteiger partial charge in [-0.25, -0.2) is 4.31 Å². The van der Waals surface area contributed by atoms with Crippen molar-refractivity contribution >= 4 is 29.2 Å². The van der Waals surface area contributed by atoms with Crippen molar-refractivity contribution in [3.63, 3.8) is 0 Å². The summed E-state index contributed by atoms with van der Waals surface area (Å²) in [6.07, 6.45) is 2.58. The van der Waals surface area contributed by atoms with Crippen LogP contribution in [0.2, 0.25) is 5.02 Å². The van der Waals surface area contributed by atoms with Crippen molar-refractivity contribution in [2.24, 2.45) is 0 Å². The van der Waals surface area contributed by atoms with E-state index in [1.54, 1.807) is 18.0 Å². The second-order valence-electron chi connectivity index (χ2n) is 3.42. The number of halogens is 1. The highest BCUT2D eigenvalue weighted by Gasteiger charge is 2.14. The van der Waals surface area contributed by atoms with Crippen LogP contribution in [0.25, 0.3) is 0 Å². The van der Waals surface area contributed by atoms with Crippen LogP contribution in [0.4, 0.5) is 5.69 Å². The average molecular weight is 229 g/mol. The minimum absolute atomic E-state index is 0.723. The number of nitrogens with two attached hydrogens (primary N) is 1. The lowest BCUT2D eigenvalue weighted by molar-refractivity contribution is 0.586. The Labute approximate surface area is 93.5 Å². The number of hydrogen-bond acceptors (Lipinski definition) is 3. The number of nitrogen functional groups attached to an aromatic ring is 1. The van der Waals surface area contributed by atoms with Gasteiger partial charge in [-0.1, -0.05) is 11.6 Å². The van der Waals surface area contributed by atoms with Gasteiger partial charge in [-0.3, -0.25) is 0 Å². The second kappa shape index (κ2) is 4.43. The first-order valence-electron chi connectivity index (χ1n) is 4.73. The number of hydrogen-bond donors (Lipinski definition) is 1. The van der Waals surface area contributed by atoms with E-state index < -0.39 is 0 Å². The van der Waals surface area contributed by atoms with Gasteiger partial charge in [-0.15, -0.1) is 0 Å². The number of benzene rings is 1. The van der Waals surface area contributed by atoms with Crippen molar-refractivity contribution in [1.29, 1.82) is 0 Å². The third-order valence-corrected chi connectivity index (χ3v) is 3.85. The molecule has 1 aromatic rings. The normalized spacial score (nSPS) is 17.5. The van der Waals surface area contributed by atoms with Crippen LogP contribution >= 0.6 is 23.5 Å². The molecule has 14 heavy (non-hydrogen) atoms. The van der Waals surface area contributed by atoms with Crippen molar-refractivity contribution < 1.29 is 0 Å². The summed E-state index contributed by atoms with van der Waals surface area (Å²) in [5, 5.41) is 0.752. The Hall–Kier alpha value is -0.380. The van der Waals surface area contributed by atoms with Crippen molar-refractivity contribution in [2.75, 3.05) is 18.8 Å². The predicted octanol–water partition coefficient (Wildman–Crippen LogP) is 3.03. The van der Waals surface area contributed by atoms with Crippen LogP contribution in [-0.2, 0) is 0 Å². The van der Waals surface area contributed by atoms with E-state index >= 15 is 0 Å². The molecule has 0 unspecified atom stereocenters. The van der Waals surface area contributed by atoms with Crippen molar-refractivity contribution in [3.8, 4) is 0 Å². The Morgan fingerprint density at radius 1 is 1.29 bits per heavy atom. The van der Waals surface area contributed by atoms with E-state index in [9.17, 15) is 0 Å². The molecule has 1 fully saturated rings. The third-order valence-electron chi connectivity index (χ3n) is 2.25. The van der Waals surface area contributed by atoms with Gasteiger partial charge in [0, 0.05) is 23.7 Å². The highest BCUT2D eigenvalue weighted by atomic mass is 35.5. The highest BCUT2D eigenvalue weighted by Crippen LogP contribution is 2.33. The topological polar surface area (TPSA) is 29.3 Å². The molecular formula is C10H13ClN2S. The molecular weight excluding hydrogens is 216 g/mol. The molecule has 1 heterocycles. The highest BCUT2D eigenvalue weighted by molar-refractivity contribution is 7.97. The molecule has 0 radical (unpaired) electrons. The van der Waals surface area contributed by atoms with Gasteiger partial charge in [0.25, 0.3) is 0 Å². The van der Waals surface area contributed by atoms with Gasteiger partial charge in [-0.2, -0.15) is 0 Å². The molecule has 2 rings (SSSR count). The van der Waals surface area contributed by atoms with Crippen LogP contribution < -0.4 is 5.73 Å². The second-order valence-corrected chi connectivity index (χ2v) is 4.96. The summed E-state index contributed by atoms with van der Waals surface area (Å²) < 4.78 is 2.34. The van der Waals surface area contributed by atoms with Gasteiger partial charge in [-0.05, 0) is 43.0 Å². The maximum atomic E-state index is 6.08. The molecule has 4 heteroatoms. The van der Waals surface area contributed by atoms with E-state index in [0.717, 1.165) is 28.7 Å². The zero-order valence-corrected chi connectivity index (χ0v) is 9.44. The molecule has 1 aliphatic heterocycles. The summed E-state index contributed by atoms with van der Waals surface area (Å²) in [6.45, 7) is 2.32. The fraction of sp³-hybridized carbons (Fsp3) is 0.400. The van der Waals surface area contributed by atoms with E-state index in [0.29, 0.717) is 0 Å².